The molecule has 144 valence electrons. The predicted molar refractivity (Wildman–Crippen MR) is 109 cm³/mol. The lowest BCUT2D eigenvalue weighted by Crippen LogP contribution is -2.44. The third-order valence-electron chi connectivity index (χ3n) is 7.10. The van der Waals surface area contributed by atoms with Crippen LogP contribution in [0.25, 0.3) is 10.9 Å². The largest absolute Gasteiger partial charge is 0.358 e. The minimum atomic E-state index is 0.305. The first-order valence-electron chi connectivity index (χ1n) is 10.4. The van der Waals surface area contributed by atoms with Crippen molar-refractivity contribution < 1.29 is 4.79 Å². The summed E-state index contributed by atoms with van der Waals surface area (Å²) in [5, 5.41) is 1.27. The second kappa shape index (κ2) is 5.84. The van der Waals surface area contributed by atoms with Gasteiger partial charge in [-0.1, -0.05) is 39.0 Å². The number of amides is 1. The Morgan fingerprint density at radius 3 is 2.89 bits per heavy atom. The highest BCUT2D eigenvalue weighted by atomic mass is 16.2. The van der Waals surface area contributed by atoms with Gasteiger partial charge in [0.25, 0.3) is 0 Å². The summed E-state index contributed by atoms with van der Waals surface area (Å²) in [4.78, 5) is 21.3. The first-order chi connectivity index (χ1) is 12.8. The molecule has 1 saturated carbocycles. The fourth-order valence-electron chi connectivity index (χ4n) is 6.41. The van der Waals surface area contributed by atoms with E-state index < -0.39 is 0 Å². The van der Waals surface area contributed by atoms with Crippen LogP contribution in [-0.2, 0) is 17.8 Å². The van der Waals surface area contributed by atoms with Crippen LogP contribution in [0, 0.1) is 10.8 Å². The lowest BCUT2D eigenvalue weighted by atomic mass is 9.65. The van der Waals surface area contributed by atoms with Crippen LogP contribution < -0.4 is 0 Å². The minimum absolute atomic E-state index is 0.305. The molecule has 2 atom stereocenters. The zero-order chi connectivity index (χ0) is 18.8. The van der Waals surface area contributed by atoms with Gasteiger partial charge in [-0.05, 0) is 36.2 Å². The van der Waals surface area contributed by atoms with Crippen molar-refractivity contribution in [1.82, 2.24) is 14.8 Å². The number of carbonyl (C=O) groups excluding carboxylic acids is 1. The number of rotatable bonds is 2. The Morgan fingerprint density at radius 2 is 2.04 bits per heavy atom. The van der Waals surface area contributed by atoms with Gasteiger partial charge < -0.3 is 9.88 Å². The summed E-state index contributed by atoms with van der Waals surface area (Å²) in [7, 11) is 0. The molecule has 0 radical (unpaired) electrons. The van der Waals surface area contributed by atoms with Crippen LogP contribution in [0.4, 0.5) is 0 Å². The maximum Gasteiger partial charge on any atom is 0.237 e. The first kappa shape index (κ1) is 17.3. The number of nitrogens with zero attached hydrogens (tertiary/aromatic N) is 2. The molecule has 3 heterocycles. The summed E-state index contributed by atoms with van der Waals surface area (Å²) in [5.74, 6) is 0.305. The molecule has 1 amide bonds. The van der Waals surface area contributed by atoms with Crippen molar-refractivity contribution in [2.45, 2.75) is 59.0 Å². The average molecular weight is 366 g/mol. The summed E-state index contributed by atoms with van der Waals surface area (Å²) in [6.07, 6.45) is 4.70. The maximum atomic E-state index is 13.2. The van der Waals surface area contributed by atoms with Crippen molar-refractivity contribution >= 4 is 16.8 Å². The van der Waals surface area contributed by atoms with Crippen LogP contribution in [0.2, 0.25) is 0 Å². The van der Waals surface area contributed by atoms with Crippen LogP contribution in [0.15, 0.2) is 24.3 Å². The fraction of sp³-hybridized carbons (Fsp3) is 0.609. The molecule has 0 spiro atoms. The number of likely N-dealkylation sites (tertiary alicyclic amines) is 1. The van der Waals surface area contributed by atoms with E-state index in [0.29, 0.717) is 29.3 Å². The summed E-state index contributed by atoms with van der Waals surface area (Å²) < 4.78 is 0. The normalized spacial score (nSPS) is 29.9. The highest BCUT2D eigenvalue weighted by molar-refractivity contribution is 5.86. The van der Waals surface area contributed by atoms with Crippen molar-refractivity contribution in [1.29, 1.82) is 0 Å². The molecule has 1 aromatic carbocycles. The van der Waals surface area contributed by atoms with Gasteiger partial charge in [-0.2, -0.15) is 0 Å². The molecule has 1 N–H and O–H groups in total. The molecule has 2 fully saturated rings. The molecule has 3 aliphatic rings. The molecular formula is C23H31N3O. The van der Waals surface area contributed by atoms with Gasteiger partial charge in [0.15, 0.2) is 0 Å². The molecular weight excluding hydrogens is 334 g/mol. The SMILES string of the molecule is CC1(C)C[C@@H]2C[C@](C)(CN2CC(=O)N2CCc3[nH]c4ccccc4c3C2)C1. The van der Waals surface area contributed by atoms with E-state index in [2.05, 4.69) is 59.8 Å². The quantitative estimate of drug-likeness (QED) is 0.875. The lowest BCUT2D eigenvalue weighted by molar-refractivity contribution is -0.133. The standard InChI is InChI=1S/C23H31N3O/c1-22(2)10-16-11-23(3,14-22)15-26(16)13-21(27)25-9-8-20-18(12-25)17-6-4-5-7-19(17)24-20/h4-7,16,24H,8-15H2,1-3H3/t16-,23+/m1/s1. The molecule has 1 saturated heterocycles. The highest BCUT2D eigenvalue weighted by Crippen LogP contribution is 2.52. The van der Waals surface area contributed by atoms with Gasteiger partial charge in [0.05, 0.1) is 6.54 Å². The van der Waals surface area contributed by atoms with Crippen molar-refractivity contribution in [3.8, 4) is 0 Å². The Morgan fingerprint density at radius 1 is 1.22 bits per heavy atom. The smallest absolute Gasteiger partial charge is 0.237 e. The summed E-state index contributed by atoms with van der Waals surface area (Å²) in [6.45, 7) is 10.5. The number of hydrogen-bond acceptors (Lipinski definition) is 2. The van der Waals surface area contributed by atoms with Gasteiger partial charge in [0.1, 0.15) is 0 Å². The molecule has 2 aliphatic heterocycles. The number of fused-ring (bicyclic) bond motifs is 5. The molecule has 4 nitrogen and oxygen atoms in total. The number of benzene rings is 1. The van der Waals surface area contributed by atoms with E-state index in [9.17, 15) is 4.79 Å². The summed E-state index contributed by atoms with van der Waals surface area (Å²) in [6, 6.07) is 9.04. The molecule has 1 aromatic heterocycles. The molecule has 1 aliphatic carbocycles. The third-order valence-corrected chi connectivity index (χ3v) is 7.10. The van der Waals surface area contributed by atoms with E-state index in [1.807, 2.05) is 0 Å². The zero-order valence-electron chi connectivity index (χ0n) is 16.8. The van der Waals surface area contributed by atoms with Crippen LogP contribution in [0.1, 0.15) is 51.3 Å². The molecule has 4 heteroatoms. The van der Waals surface area contributed by atoms with Gasteiger partial charge >= 0.3 is 0 Å². The lowest BCUT2D eigenvalue weighted by Gasteiger charge is -2.40. The number of aromatic nitrogens is 1. The number of H-pyrrole nitrogens is 1. The monoisotopic (exact) mass is 365 g/mol. The number of nitrogens with one attached hydrogen (secondary N) is 1. The van der Waals surface area contributed by atoms with E-state index in [1.165, 1.54) is 41.4 Å². The molecule has 0 unspecified atom stereocenters. The van der Waals surface area contributed by atoms with E-state index in [4.69, 9.17) is 0 Å². The summed E-state index contributed by atoms with van der Waals surface area (Å²) in [5.41, 5.74) is 4.61. The number of aromatic amines is 1. The van der Waals surface area contributed by atoms with Crippen LogP contribution >= 0.6 is 0 Å². The highest BCUT2D eigenvalue weighted by Gasteiger charge is 2.49. The first-order valence-corrected chi connectivity index (χ1v) is 10.4. The topological polar surface area (TPSA) is 39.3 Å². The van der Waals surface area contributed by atoms with E-state index in [1.54, 1.807) is 0 Å². The Labute approximate surface area is 161 Å². The number of carbonyl (C=O) groups is 1. The molecule has 5 rings (SSSR count). The van der Waals surface area contributed by atoms with Gasteiger partial charge in [-0.25, -0.2) is 0 Å². The Kier molecular flexibility index (Phi) is 3.74. The Balaban J connectivity index is 1.31. The molecule has 2 aromatic rings. The van der Waals surface area contributed by atoms with Crippen LogP contribution in [0.5, 0.6) is 0 Å². The zero-order valence-corrected chi connectivity index (χ0v) is 16.8. The minimum Gasteiger partial charge on any atom is -0.358 e. The van der Waals surface area contributed by atoms with Crippen LogP contribution in [-0.4, -0.2) is 46.4 Å². The second-order valence-corrected chi connectivity index (χ2v) is 10.3. The average Bonchev–Trinajstić information content (AvgIpc) is 3.07. The summed E-state index contributed by atoms with van der Waals surface area (Å²) >= 11 is 0. The third kappa shape index (κ3) is 2.98. The number of para-hydroxylation sites is 1. The van der Waals surface area contributed by atoms with Gasteiger partial charge in [-0.3, -0.25) is 9.69 Å². The fourth-order valence-corrected chi connectivity index (χ4v) is 6.41. The van der Waals surface area contributed by atoms with E-state index in [0.717, 1.165) is 26.1 Å². The molecule has 27 heavy (non-hydrogen) atoms. The molecule has 2 bridgehead atoms. The van der Waals surface area contributed by atoms with Crippen LogP contribution in [0.3, 0.4) is 0 Å². The van der Waals surface area contributed by atoms with Gasteiger partial charge in [0, 0.05) is 54.3 Å². The van der Waals surface area contributed by atoms with Crippen molar-refractivity contribution in [3.05, 3.63) is 35.5 Å². The van der Waals surface area contributed by atoms with Crippen molar-refractivity contribution in [3.63, 3.8) is 0 Å². The Hall–Kier alpha value is -1.81. The number of hydrogen-bond donors (Lipinski definition) is 1. The van der Waals surface area contributed by atoms with E-state index in [-0.39, 0.29) is 0 Å². The van der Waals surface area contributed by atoms with Gasteiger partial charge in [-0.15, -0.1) is 0 Å². The second-order valence-electron chi connectivity index (χ2n) is 10.3. The van der Waals surface area contributed by atoms with Crippen molar-refractivity contribution in [2.24, 2.45) is 10.8 Å². The Bertz CT molecular complexity index is 898. The van der Waals surface area contributed by atoms with E-state index >= 15 is 0 Å². The van der Waals surface area contributed by atoms with Crippen molar-refractivity contribution in [2.75, 3.05) is 19.6 Å². The van der Waals surface area contributed by atoms with Gasteiger partial charge in [0.2, 0.25) is 5.91 Å². The predicted octanol–water partition coefficient (Wildman–Crippen LogP) is 3.95. The maximum absolute atomic E-state index is 13.2.